The molecular weight excluding hydrogens is 319 g/mol. The third-order valence-electron chi connectivity index (χ3n) is 2.56. The highest BCUT2D eigenvalue weighted by Gasteiger charge is 2.24. The summed E-state index contributed by atoms with van der Waals surface area (Å²) in [6, 6.07) is 4.30. The van der Waals surface area contributed by atoms with Crippen molar-refractivity contribution < 1.29 is 8.42 Å². The first-order valence-electron chi connectivity index (χ1n) is 5.17. The van der Waals surface area contributed by atoms with Crippen LogP contribution in [-0.4, -0.2) is 27.5 Å². The second-order valence-corrected chi connectivity index (χ2v) is 6.41. The fourth-order valence-corrected chi connectivity index (χ4v) is 3.75. The van der Waals surface area contributed by atoms with Crippen molar-refractivity contribution in [3.63, 3.8) is 0 Å². The number of sulfonamides is 1. The highest BCUT2D eigenvalue weighted by Crippen LogP contribution is 2.25. The van der Waals surface area contributed by atoms with Gasteiger partial charge in [-0.3, -0.25) is 0 Å². The van der Waals surface area contributed by atoms with Gasteiger partial charge in [0.1, 0.15) is 4.90 Å². The van der Waals surface area contributed by atoms with Gasteiger partial charge in [0.15, 0.2) is 0 Å². The van der Waals surface area contributed by atoms with Crippen molar-refractivity contribution in [1.29, 1.82) is 0 Å². The van der Waals surface area contributed by atoms with Gasteiger partial charge < -0.3 is 5.32 Å². The summed E-state index contributed by atoms with van der Waals surface area (Å²) in [5.74, 6) is 0. The molecule has 1 saturated heterocycles. The summed E-state index contributed by atoms with van der Waals surface area (Å²) in [5.41, 5.74) is 0. The van der Waals surface area contributed by atoms with E-state index in [4.69, 9.17) is 23.2 Å². The Morgan fingerprint density at radius 1 is 1.33 bits per heavy atom. The third-order valence-corrected chi connectivity index (χ3v) is 4.80. The Balaban J connectivity index is 0.00000162. The number of benzene rings is 1. The molecule has 1 aliphatic heterocycles. The Morgan fingerprint density at radius 2 is 2.06 bits per heavy atom. The van der Waals surface area contributed by atoms with Crippen LogP contribution in [0.2, 0.25) is 10.0 Å². The molecular formula is C10H13Cl3N2O2S. The lowest BCUT2D eigenvalue weighted by molar-refractivity contribution is 0.560. The van der Waals surface area contributed by atoms with Crippen molar-refractivity contribution in [1.82, 2.24) is 10.0 Å². The van der Waals surface area contributed by atoms with E-state index >= 15 is 0 Å². The molecule has 18 heavy (non-hydrogen) atoms. The molecule has 102 valence electrons. The standard InChI is InChI=1S/C10H12Cl2N2O2S.ClH/c11-7-1-2-9(12)10(5-7)17(15,16)14-8-3-4-13-6-8;/h1-2,5,8,13-14H,3-4,6H2;1H. The summed E-state index contributed by atoms with van der Waals surface area (Å²) in [7, 11) is -3.60. The second kappa shape index (κ2) is 6.41. The molecule has 1 atom stereocenters. The lowest BCUT2D eigenvalue weighted by Crippen LogP contribution is -2.36. The summed E-state index contributed by atoms with van der Waals surface area (Å²) in [5, 5.41) is 3.61. The first-order valence-corrected chi connectivity index (χ1v) is 7.41. The third kappa shape index (κ3) is 3.73. The number of nitrogens with one attached hydrogen (secondary N) is 2. The van der Waals surface area contributed by atoms with Gasteiger partial charge in [0.25, 0.3) is 0 Å². The maximum Gasteiger partial charge on any atom is 0.242 e. The normalized spacial score (nSPS) is 19.6. The van der Waals surface area contributed by atoms with Gasteiger partial charge >= 0.3 is 0 Å². The molecule has 1 heterocycles. The van der Waals surface area contributed by atoms with E-state index in [0.717, 1.165) is 13.0 Å². The fraction of sp³-hybridized carbons (Fsp3) is 0.400. The van der Waals surface area contributed by atoms with E-state index in [9.17, 15) is 8.42 Å². The van der Waals surface area contributed by atoms with E-state index in [1.165, 1.54) is 12.1 Å². The molecule has 2 N–H and O–H groups in total. The maximum absolute atomic E-state index is 12.1. The van der Waals surface area contributed by atoms with E-state index in [1.807, 2.05) is 0 Å². The first-order chi connectivity index (χ1) is 7.99. The Kier molecular flexibility index (Phi) is 5.70. The molecule has 0 radical (unpaired) electrons. The molecule has 0 aliphatic carbocycles. The number of hydrogen-bond donors (Lipinski definition) is 2. The molecule has 4 nitrogen and oxygen atoms in total. The molecule has 1 unspecified atom stereocenters. The van der Waals surface area contributed by atoms with Crippen LogP contribution in [0.25, 0.3) is 0 Å². The van der Waals surface area contributed by atoms with E-state index in [0.29, 0.717) is 11.6 Å². The summed E-state index contributed by atoms with van der Waals surface area (Å²) >= 11 is 11.6. The zero-order valence-electron chi connectivity index (χ0n) is 9.32. The lowest BCUT2D eigenvalue weighted by Gasteiger charge is -2.13. The predicted molar refractivity (Wildman–Crippen MR) is 75.3 cm³/mol. The topological polar surface area (TPSA) is 58.2 Å². The van der Waals surface area contributed by atoms with E-state index in [1.54, 1.807) is 6.07 Å². The second-order valence-electron chi connectivity index (χ2n) is 3.89. The minimum atomic E-state index is -3.60. The van der Waals surface area contributed by atoms with E-state index in [2.05, 4.69) is 10.0 Å². The van der Waals surface area contributed by atoms with Gasteiger partial charge in [0.2, 0.25) is 10.0 Å². The average molecular weight is 332 g/mol. The van der Waals surface area contributed by atoms with Crippen molar-refractivity contribution in [2.24, 2.45) is 0 Å². The monoisotopic (exact) mass is 330 g/mol. The molecule has 2 rings (SSSR count). The molecule has 0 aromatic heterocycles. The van der Waals surface area contributed by atoms with Gasteiger partial charge in [-0.25, -0.2) is 13.1 Å². The molecule has 0 bridgehead atoms. The van der Waals surface area contributed by atoms with Crippen LogP contribution in [0.15, 0.2) is 23.1 Å². The van der Waals surface area contributed by atoms with Gasteiger partial charge in [-0.2, -0.15) is 0 Å². The largest absolute Gasteiger partial charge is 0.315 e. The van der Waals surface area contributed by atoms with Gasteiger partial charge in [-0.05, 0) is 31.2 Å². The van der Waals surface area contributed by atoms with Gasteiger partial charge in [0, 0.05) is 17.6 Å². The molecule has 0 saturated carbocycles. The van der Waals surface area contributed by atoms with Crippen LogP contribution in [0.1, 0.15) is 6.42 Å². The molecule has 1 fully saturated rings. The van der Waals surface area contributed by atoms with E-state index in [-0.39, 0.29) is 28.4 Å². The smallest absolute Gasteiger partial charge is 0.242 e. The van der Waals surface area contributed by atoms with Crippen molar-refractivity contribution >= 4 is 45.6 Å². The van der Waals surface area contributed by atoms with Crippen molar-refractivity contribution in [3.05, 3.63) is 28.2 Å². The Hall–Kier alpha value is -0.0400. The number of rotatable bonds is 3. The van der Waals surface area contributed by atoms with Crippen LogP contribution < -0.4 is 10.0 Å². The Morgan fingerprint density at radius 3 is 2.67 bits per heavy atom. The summed E-state index contributed by atoms with van der Waals surface area (Å²) in [4.78, 5) is 0.0265. The predicted octanol–water partition coefficient (Wildman–Crippen LogP) is 2.06. The van der Waals surface area contributed by atoms with Gasteiger partial charge in [-0.1, -0.05) is 23.2 Å². The number of halogens is 3. The Labute approximate surface area is 123 Å². The highest BCUT2D eigenvalue weighted by atomic mass is 35.5. The molecule has 1 aromatic carbocycles. The van der Waals surface area contributed by atoms with Gasteiger partial charge in [0.05, 0.1) is 5.02 Å². The van der Waals surface area contributed by atoms with Crippen LogP contribution in [0, 0.1) is 0 Å². The molecule has 0 spiro atoms. The molecule has 8 heteroatoms. The Bertz CT molecular complexity index is 516. The zero-order valence-corrected chi connectivity index (χ0v) is 12.5. The molecule has 1 aliphatic rings. The van der Waals surface area contributed by atoms with Crippen LogP contribution in [0.4, 0.5) is 0 Å². The van der Waals surface area contributed by atoms with Crippen molar-refractivity contribution in [2.45, 2.75) is 17.4 Å². The van der Waals surface area contributed by atoms with Crippen molar-refractivity contribution in [2.75, 3.05) is 13.1 Å². The van der Waals surface area contributed by atoms with Gasteiger partial charge in [-0.15, -0.1) is 12.4 Å². The molecule has 1 aromatic rings. The lowest BCUT2D eigenvalue weighted by atomic mass is 10.3. The van der Waals surface area contributed by atoms with Crippen LogP contribution in [0.3, 0.4) is 0 Å². The summed E-state index contributed by atoms with van der Waals surface area (Å²) < 4.78 is 26.8. The van der Waals surface area contributed by atoms with Crippen LogP contribution in [0.5, 0.6) is 0 Å². The minimum absolute atomic E-state index is 0. The first kappa shape index (κ1) is 16.0. The zero-order chi connectivity index (χ0) is 12.5. The average Bonchev–Trinajstić information content (AvgIpc) is 2.73. The van der Waals surface area contributed by atoms with Crippen LogP contribution >= 0.6 is 35.6 Å². The summed E-state index contributed by atoms with van der Waals surface area (Å²) in [6.07, 6.45) is 0.775. The van der Waals surface area contributed by atoms with Crippen molar-refractivity contribution in [3.8, 4) is 0 Å². The summed E-state index contributed by atoms with van der Waals surface area (Å²) in [6.45, 7) is 1.45. The highest BCUT2D eigenvalue weighted by molar-refractivity contribution is 7.89. The fourth-order valence-electron chi connectivity index (χ4n) is 1.72. The van der Waals surface area contributed by atoms with Crippen LogP contribution in [-0.2, 0) is 10.0 Å². The maximum atomic E-state index is 12.1. The minimum Gasteiger partial charge on any atom is -0.315 e. The number of hydrogen-bond acceptors (Lipinski definition) is 3. The molecule has 0 amide bonds. The van der Waals surface area contributed by atoms with E-state index < -0.39 is 10.0 Å². The SMILES string of the molecule is Cl.O=S(=O)(NC1CCNC1)c1cc(Cl)ccc1Cl. The quantitative estimate of drug-likeness (QED) is 0.891.